The van der Waals surface area contributed by atoms with Gasteiger partial charge in [-0.1, -0.05) is 298 Å². The minimum atomic E-state index is -0.764. The van der Waals surface area contributed by atoms with E-state index in [4.69, 9.17) is 14.2 Å². The molecule has 0 radical (unpaired) electrons. The molecule has 0 aliphatic carbocycles. The van der Waals surface area contributed by atoms with Gasteiger partial charge in [-0.3, -0.25) is 14.4 Å². The molecule has 0 amide bonds. The first kappa shape index (κ1) is 65.4. The Morgan fingerprint density at radius 3 is 0.642 bits per heavy atom. The second-order valence-electron chi connectivity index (χ2n) is 22.4. The molecule has 398 valence electrons. The molecule has 0 saturated carbocycles. The smallest absolute Gasteiger partial charge is 0.306 e. The summed E-state index contributed by atoms with van der Waals surface area (Å²) >= 11 is 0. The van der Waals surface area contributed by atoms with Crippen molar-refractivity contribution in [1.29, 1.82) is 0 Å². The highest BCUT2D eigenvalue weighted by atomic mass is 16.6. The van der Waals surface area contributed by atoms with Crippen molar-refractivity contribution in [3.63, 3.8) is 0 Å². The third kappa shape index (κ3) is 55.2. The first-order valence-electron chi connectivity index (χ1n) is 30.1. The van der Waals surface area contributed by atoms with Gasteiger partial charge in [-0.2, -0.15) is 0 Å². The van der Waals surface area contributed by atoms with Crippen LogP contribution in [0.4, 0.5) is 0 Å². The van der Waals surface area contributed by atoms with Crippen LogP contribution in [0.1, 0.15) is 337 Å². The maximum atomic E-state index is 12.9. The van der Waals surface area contributed by atoms with E-state index >= 15 is 0 Å². The molecule has 0 bridgehead atoms. The molecule has 0 aromatic carbocycles. The summed E-state index contributed by atoms with van der Waals surface area (Å²) in [7, 11) is 0. The van der Waals surface area contributed by atoms with Crippen molar-refractivity contribution in [2.75, 3.05) is 13.2 Å². The van der Waals surface area contributed by atoms with E-state index in [1.165, 1.54) is 218 Å². The van der Waals surface area contributed by atoms with Crippen LogP contribution in [0.15, 0.2) is 0 Å². The van der Waals surface area contributed by atoms with Crippen LogP contribution in [0, 0.1) is 17.8 Å². The van der Waals surface area contributed by atoms with Crippen LogP contribution in [-0.2, 0) is 28.6 Å². The van der Waals surface area contributed by atoms with Gasteiger partial charge in [-0.25, -0.2) is 0 Å². The lowest BCUT2D eigenvalue weighted by Crippen LogP contribution is -2.30. The molecule has 0 saturated heterocycles. The molecule has 0 aliphatic heterocycles. The molecule has 0 heterocycles. The lowest BCUT2D eigenvalue weighted by Gasteiger charge is -2.18. The van der Waals surface area contributed by atoms with E-state index in [-0.39, 0.29) is 31.1 Å². The van der Waals surface area contributed by atoms with Crippen molar-refractivity contribution in [2.24, 2.45) is 17.8 Å². The van der Waals surface area contributed by atoms with Gasteiger partial charge in [0.1, 0.15) is 13.2 Å². The van der Waals surface area contributed by atoms with E-state index in [2.05, 4.69) is 41.5 Å². The zero-order chi connectivity index (χ0) is 49.1. The Morgan fingerprint density at radius 1 is 0.254 bits per heavy atom. The standard InChI is InChI=1S/C61H118O6/c1-55(2)47-41-35-29-25-21-17-13-9-7-8-10-16-20-24-28-32-40-46-52-61(64)67-58(54-66-60(63)51-45-39-34-33-37-43-49-57(5)6)53-65-59(62)50-44-38-31-27-23-19-15-12-11-14-18-22-26-30-36-42-48-56(3)4/h55-58H,7-54H2,1-6H3/t58-/m1/s1. The van der Waals surface area contributed by atoms with Gasteiger partial charge < -0.3 is 14.2 Å². The number of esters is 3. The highest BCUT2D eigenvalue weighted by molar-refractivity contribution is 5.71. The van der Waals surface area contributed by atoms with E-state index < -0.39 is 6.10 Å². The maximum Gasteiger partial charge on any atom is 0.306 e. The predicted octanol–water partition coefficient (Wildman–Crippen LogP) is 19.9. The molecule has 0 N–H and O–H groups in total. The van der Waals surface area contributed by atoms with Crippen LogP contribution >= 0.6 is 0 Å². The largest absolute Gasteiger partial charge is 0.462 e. The summed E-state index contributed by atoms with van der Waals surface area (Å²) in [6.45, 7) is 13.7. The Bertz CT molecular complexity index is 1040. The second-order valence-corrected chi connectivity index (χ2v) is 22.4. The molecule has 1 atom stereocenters. The summed E-state index contributed by atoms with van der Waals surface area (Å²) in [4.78, 5) is 38.1. The van der Waals surface area contributed by atoms with E-state index in [1.807, 2.05) is 0 Å². The number of ether oxygens (including phenoxy) is 3. The fraction of sp³-hybridized carbons (Fsp3) is 0.951. The molecular formula is C61H118O6. The average Bonchev–Trinajstić information content (AvgIpc) is 3.29. The Kier molecular flexibility index (Phi) is 51.0. The number of hydrogen-bond donors (Lipinski definition) is 0. The predicted molar refractivity (Wildman–Crippen MR) is 289 cm³/mol. The summed E-state index contributed by atoms with van der Waals surface area (Å²) in [5.41, 5.74) is 0. The molecule has 0 rings (SSSR count). The van der Waals surface area contributed by atoms with Crippen molar-refractivity contribution in [1.82, 2.24) is 0 Å². The van der Waals surface area contributed by atoms with Crippen LogP contribution in [-0.4, -0.2) is 37.2 Å². The molecule has 0 aromatic heterocycles. The summed E-state index contributed by atoms with van der Waals surface area (Å²) in [5, 5.41) is 0. The van der Waals surface area contributed by atoms with Gasteiger partial charge in [0.05, 0.1) is 0 Å². The molecule has 67 heavy (non-hydrogen) atoms. The molecular weight excluding hydrogens is 829 g/mol. The minimum Gasteiger partial charge on any atom is -0.462 e. The van der Waals surface area contributed by atoms with Crippen molar-refractivity contribution in [3.8, 4) is 0 Å². The van der Waals surface area contributed by atoms with Crippen molar-refractivity contribution < 1.29 is 28.6 Å². The van der Waals surface area contributed by atoms with Gasteiger partial charge in [0.15, 0.2) is 6.10 Å². The van der Waals surface area contributed by atoms with Crippen molar-refractivity contribution in [3.05, 3.63) is 0 Å². The average molecular weight is 948 g/mol. The van der Waals surface area contributed by atoms with Crippen molar-refractivity contribution in [2.45, 2.75) is 343 Å². The maximum absolute atomic E-state index is 12.9. The summed E-state index contributed by atoms with van der Waals surface area (Å²) < 4.78 is 16.9. The normalized spacial score (nSPS) is 12.1. The summed E-state index contributed by atoms with van der Waals surface area (Å²) in [5.74, 6) is 1.63. The van der Waals surface area contributed by atoms with Crippen LogP contribution in [0.25, 0.3) is 0 Å². The highest BCUT2D eigenvalue weighted by Crippen LogP contribution is 2.19. The van der Waals surface area contributed by atoms with Gasteiger partial charge in [-0.15, -0.1) is 0 Å². The van der Waals surface area contributed by atoms with Crippen LogP contribution < -0.4 is 0 Å². The van der Waals surface area contributed by atoms with E-state index in [9.17, 15) is 14.4 Å². The van der Waals surface area contributed by atoms with Crippen molar-refractivity contribution >= 4 is 17.9 Å². The Balaban J connectivity index is 4.18. The Labute approximate surface area is 418 Å². The molecule has 0 aromatic rings. The molecule has 0 aliphatic rings. The number of rotatable bonds is 54. The van der Waals surface area contributed by atoms with E-state index in [0.717, 1.165) is 75.5 Å². The quantitative estimate of drug-likeness (QED) is 0.0343. The summed E-state index contributed by atoms with van der Waals surface area (Å²) in [6, 6.07) is 0. The van der Waals surface area contributed by atoms with E-state index in [0.29, 0.717) is 19.3 Å². The van der Waals surface area contributed by atoms with Gasteiger partial charge in [0, 0.05) is 19.3 Å². The Morgan fingerprint density at radius 2 is 0.433 bits per heavy atom. The first-order chi connectivity index (χ1) is 32.6. The number of unbranched alkanes of at least 4 members (excludes halogenated alkanes) is 37. The monoisotopic (exact) mass is 947 g/mol. The van der Waals surface area contributed by atoms with Gasteiger partial charge >= 0.3 is 17.9 Å². The van der Waals surface area contributed by atoms with Crippen LogP contribution in [0.2, 0.25) is 0 Å². The zero-order valence-electron chi connectivity index (χ0n) is 46.2. The number of carbonyl (C=O) groups is 3. The van der Waals surface area contributed by atoms with Gasteiger partial charge in [0.2, 0.25) is 0 Å². The van der Waals surface area contributed by atoms with Crippen LogP contribution in [0.3, 0.4) is 0 Å². The van der Waals surface area contributed by atoms with Gasteiger partial charge in [-0.05, 0) is 37.0 Å². The SMILES string of the molecule is CC(C)CCCCCCCCCCCCCCCCCCCCC(=O)O[C@H](COC(=O)CCCCCCCCCCCCCCCCCCC(C)C)COC(=O)CCCCCCCCC(C)C. The van der Waals surface area contributed by atoms with Crippen LogP contribution in [0.5, 0.6) is 0 Å². The third-order valence-corrected chi connectivity index (χ3v) is 13.9. The third-order valence-electron chi connectivity index (χ3n) is 13.9. The first-order valence-corrected chi connectivity index (χ1v) is 30.1. The molecule has 0 unspecified atom stereocenters. The number of carbonyl (C=O) groups excluding carboxylic acids is 3. The lowest BCUT2D eigenvalue weighted by atomic mass is 10.0. The van der Waals surface area contributed by atoms with Gasteiger partial charge in [0.25, 0.3) is 0 Å². The Hall–Kier alpha value is -1.59. The molecule has 6 nitrogen and oxygen atoms in total. The summed E-state index contributed by atoms with van der Waals surface area (Å²) in [6.07, 6.45) is 55.5. The highest BCUT2D eigenvalue weighted by Gasteiger charge is 2.19. The topological polar surface area (TPSA) is 78.9 Å². The minimum absolute atomic E-state index is 0.0640. The lowest BCUT2D eigenvalue weighted by molar-refractivity contribution is -0.167. The molecule has 0 fully saturated rings. The molecule has 6 heteroatoms. The zero-order valence-corrected chi connectivity index (χ0v) is 46.2. The second kappa shape index (κ2) is 52.2. The fourth-order valence-corrected chi connectivity index (χ4v) is 9.35. The van der Waals surface area contributed by atoms with E-state index in [1.54, 1.807) is 0 Å². The number of hydrogen-bond acceptors (Lipinski definition) is 6. The molecule has 0 spiro atoms. The fourth-order valence-electron chi connectivity index (χ4n) is 9.35.